The monoisotopic (exact) mass is 203 g/mol. The summed E-state index contributed by atoms with van der Waals surface area (Å²) in [6, 6.07) is 7.62. The van der Waals surface area contributed by atoms with Gasteiger partial charge in [-0.25, -0.2) is 0 Å². The van der Waals surface area contributed by atoms with Gasteiger partial charge in [-0.3, -0.25) is 4.79 Å². The standard InChI is InChI=1S/C13H17NO/c1-4-13(10(3)15)9(2)11-6-5-7-12(14)8-11/h5-8H,4,14H2,1-3H3. The fraction of sp³-hybridized carbons (Fsp3) is 0.308. The number of nitrogen functional groups attached to an aromatic ring is 1. The topological polar surface area (TPSA) is 43.1 Å². The van der Waals surface area contributed by atoms with Crippen molar-refractivity contribution in [2.75, 3.05) is 5.73 Å². The smallest absolute Gasteiger partial charge is 0.156 e. The fourth-order valence-corrected chi connectivity index (χ4v) is 1.72. The molecule has 0 unspecified atom stereocenters. The van der Waals surface area contributed by atoms with E-state index < -0.39 is 0 Å². The summed E-state index contributed by atoms with van der Waals surface area (Å²) in [6.45, 7) is 5.57. The molecule has 0 aliphatic heterocycles. The Labute approximate surface area is 90.8 Å². The first-order valence-corrected chi connectivity index (χ1v) is 5.12. The van der Waals surface area contributed by atoms with Crippen LogP contribution in [0.1, 0.15) is 32.8 Å². The highest BCUT2D eigenvalue weighted by molar-refractivity contribution is 6.00. The molecule has 0 spiro atoms. The number of hydrogen-bond acceptors (Lipinski definition) is 2. The molecule has 1 rings (SSSR count). The normalized spacial score (nSPS) is 12.2. The number of carbonyl (C=O) groups excluding carboxylic acids is 1. The van der Waals surface area contributed by atoms with E-state index in [9.17, 15) is 4.79 Å². The van der Waals surface area contributed by atoms with E-state index in [2.05, 4.69) is 0 Å². The van der Waals surface area contributed by atoms with Crippen molar-refractivity contribution in [3.8, 4) is 0 Å². The molecular weight excluding hydrogens is 186 g/mol. The number of allylic oxidation sites excluding steroid dienone is 2. The molecule has 0 bridgehead atoms. The quantitative estimate of drug-likeness (QED) is 0.606. The van der Waals surface area contributed by atoms with Gasteiger partial charge >= 0.3 is 0 Å². The summed E-state index contributed by atoms with van der Waals surface area (Å²) in [5.74, 6) is 0.137. The van der Waals surface area contributed by atoms with Crippen molar-refractivity contribution in [1.82, 2.24) is 0 Å². The van der Waals surface area contributed by atoms with Crippen LogP contribution >= 0.6 is 0 Å². The number of anilines is 1. The maximum atomic E-state index is 11.4. The van der Waals surface area contributed by atoms with Crippen molar-refractivity contribution < 1.29 is 4.79 Å². The summed E-state index contributed by atoms with van der Waals surface area (Å²) in [6.07, 6.45) is 0.760. The highest BCUT2D eigenvalue weighted by Gasteiger charge is 2.07. The third kappa shape index (κ3) is 2.69. The molecule has 0 atom stereocenters. The molecule has 15 heavy (non-hydrogen) atoms. The number of hydrogen-bond donors (Lipinski definition) is 1. The summed E-state index contributed by atoms with van der Waals surface area (Å²) < 4.78 is 0. The predicted molar refractivity (Wildman–Crippen MR) is 64.4 cm³/mol. The van der Waals surface area contributed by atoms with Crippen LogP contribution in [0, 0.1) is 0 Å². The van der Waals surface area contributed by atoms with Crippen molar-refractivity contribution in [3.63, 3.8) is 0 Å². The summed E-state index contributed by atoms with van der Waals surface area (Å²) >= 11 is 0. The van der Waals surface area contributed by atoms with Gasteiger partial charge < -0.3 is 5.73 Å². The van der Waals surface area contributed by atoms with Crippen LogP contribution < -0.4 is 5.73 Å². The molecule has 0 saturated heterocycles. The Morgan fingerprint density at radius 1 is 1.33 bits per heavy atom. The number of rotatable bonds is 3. The number of ketones is 1. The van der Waals surface area contributed by atoms with Crippen LogP contribution in [-0.4, -0.2) is 5.78 Å². The van der Waals surface area contributed by atoms with Crippen LogP contribution in [0.4, 0.5) is 5.69 Å². The Hall–Kier alpha value is -1.57. The summed E-state index contributed by atoms with van der Waals surface area (Å²) in [5.41, 5.74) is 9.36. The molecule has 1 aromatic carbocycles. The van der Waals surface area contributed by atoms with E-state index >= 15 is 0 Å². The predicted octanol–water partition coefficient (Wildman–Crippen LogP) is 3.04. The minimum Gasteiger partial charge on any atom is -0.399 e. The Kier molecular flexibility index (Phi) is 3.67. The highest BCUT2D eigenvalue weighted by atomic mass is 16.1. The third-order valence-corrected chi connectivity index (χ3v) is 2.55. The van der Waals surface area contributed by atoms with Gasteiger partial charge in [-0.1, -0.05) is 19.1 Å². The lowest BCUT2D eigenvalue weighted by Gasteiger charge is -2.08. The third-order valence-electron chi connectivity index (χ3n) is 2.55. The fourth-order valence-electron chi connectivity index (χ4n) is 1.72. The number of nitrogens with two attached hydrogens (primary N) is 1. The van der Waals surface area contributed by atoms with Crippen molar-refractivity contribution in [1.29, 1.82) is 0 Å². The molecule has 2 nitrogen and oxygen atoms in total. The summed E-state index contributed by atoms with van der Waals surface area (Å²) in [5, 5.41) is 0. The molecule has 0 aliphatic carbocycles. The lowest BCUT2D eigenvalue weighted by atomic mass is 9.97. The number of carbonyl (C=O) groups is 1. The molecule has 0 saturated carbocycles. The van der Waals surface area contributed by atoms with Crippen LogP contribution in [0.5, 0.6) is 0 Å². The zero-order valence-corrected chi connectivity index (χ0v) is 9.50. The Morgan fingerprint density at radius 3 is 2.47 bits per heavy atom. The van der Waals surface area contributed by atoms with Crippen molar-refractivity contribution in [2.24, 2.45) is 0 Å². The van der Waals surface area contributed by atoms with E-state index in [1.807, 2.05) is 38.1 Å². The van der Waals surface area contributed by atoms with E-state index in [-0.39, 0.29) is 5.78 Å². The maximum Gasteiger partial charge on any atom is 0.156 e. The molecule has 0 radical (unpaired) electrons. The van der Waals surface area contributed by atoms with E-state index in [0.717, 1.165) is 28.8 Å². The largest absolute Gasteiger partial charge is 0.399 e. The Bertz CT molecular complexity index is 405. The molecule has 0 aliphatic rings. The minimum atomic E-state index is 0.137. The molecule has 0 fully saturated rings. The van der Waals surface area contributed by atoms with E-state index in [0.29, 0.717) is 0 Å². The van der Waals surface area contributed by atoms with E-state index in [1.54, 1.807) is 6.92 Å². The van der Waals surface area contributed by atoms with Crippen molar-refractivity contribution in [3.05, 3.63) is 35.4 Å². The van der Waals surface area contributed by atoms with Crippen LogP contribution in [0.3, 0.4) is 0 Å². The van der Waals surface area contributed by atoms with Crippen LogP contribution in [-0.2, 0) is 4.79 Å². The lowest BCUT2D eigenvalue weighted by Crippen LogP contribution is -1.99. The second-order valence-electron chi connectivity index (χ2n) is 3.64. The lowest BCUT2D eigenvalue weighted by molar-refractivity contribution is -0.113. The van der Waals surface area contributed by atoms with Crippen LogP contribution in [0.2, 0.25) is 0 Å². The van der Waals surface area contributed by atoms with Gasteiger partial charge in [-0.05, 0) is 49.1 Å². The highest BCUT2D eigenvalue weighted by Crippen LogP contribution is 2.22. The van der Waals surface area contributed by atoms with Gasteiger partial charge in [0.15, 0.2) is 5.78 Å². The molecular formula is C13H17NO. The maximum absolute atomic E-state index is 11.4. The number of Topliss-reactive ketones (excluding diaryl/α,β-unsaturated/α-hetero) is 1. The van der Waals surface area contributed by atoms with Crippen molar-refractivity contribution in [2.45, 2.75) is 27.2 Å². The van der Waals surface area contributed by atoms with Gasteiger partial charge in [0, 0.05) is 5.69 Å². The molecule has 0 aromatic heterocycles. The first kappa shape index (κ1) is 11.5. The molecule has 1 aromatic rings. The van der Waals surface area contributed by atoms with Gasteiger partial charge in [-0.15, -0.1) is 0 Å². The van der Waals surface area contributed by atoms with Crippen LogP contribution in [0.15, 0.2) is 29.8 Å². The first-order chi connectivity index (χ1) is 7.06. The average Bonchev–Trinajstić information content (AvgIpc) is 2.18. The van der Waals surface area contributed by atoms with E-state index in [1.165, 1.54) is 0 Å². The second-order valence-corrected chi connectivity index (χ2v) is 3.64. The second kappa shape index (κ2) is 4.78. The first-order valence-electron chi connectivity index (χ1n) is 5.12. The minimum absolute atomic E-state index is 0.137. The zero-order chi connectivity index (χ0) is 11.4. The Morgan fingerprint density at radius 2 is 2.00 bits per heavy atom. The molecule has 2 N–H and O–H groups in total. The molecule has 0 amide bonds. The van der Waals surface area contributed by atoms with Gasteiger partial charge in [0.1, 0.15) is 0 Å². The Balaban J connectivity index is 3.22. The SMILES string of the molecule is CCC(C(C)=O)=C(C)c1cccc(N)c1. The van der Waals surface area contributed by atoms with Gasteiger partial charge in [0.05, 0.1) is 0 Å². The van der Waals surface area contributed by atoms with Gasteiger partial charge in [-0.2, -0.15) is 0 Å². The summed E-state index contributed by atoms with van der Waals surface area (Å²) in [4.78, 5) is 11.4. The van der Waals surface area contributed by atoms with Crippen molar-refractivity contribution >= 4 is 17.0 Å². The number of benzene rings is 1. The summed E-state index contributed by atoms with van der Waals surface area (Å²) in [7, 11) is 0. The molecule has 2 heteroatoms. The van der Waals surface area contributed by atoms with E-state index in [4.69, 9.17) is 5.73 Å². The average molecular weight is 203 g/mol. The van der Waals surface area contributed by atoms with Gasteiger partial charge in [0.25, 0.3) is 0 Å². The molecule has 80 valence electrons. The van der Waals surface area contributed by atoms with Crippen LogP contribution in [0.25, 0.3) is 5.57 Å². The molecule has 0 heterocycles. The van der Waals surface area contributed by atoms with Gasteiger partial charge in [0.2, 0.25) is 0 Å². The zero-order valence-electron chi connectivity index (χ0n) is 9.50.